The summed E-state index contributed by atoms with van der Waals surface area (Å²) < 4.78 is 28.0. The average molecular weight is 441 g/mol. The molecule has 0 radical (unpaired) electrons. The highest BCUT2D eigenvalue weighted by Crippen LogP contribution is 2.38. The molecule has 0 saturated carbocycles. The van der Waals surface area contributed by atoms with Crippen LogP contribution >= 0.6 is 47.8 Å². The summed E-state index contributed by atoms with van der Waals surface area (Å²) in [5, 5.41) is 0. The molecule has 0 nitrogen and oxygen atoms in total. The van der Waals surface area contributed by atoms with Crippen LogP contribution in [-0.4, -0.2) is 0 Å². The molecular formula is C13H7Br3F2. The molecule has 94 valence electrons. The van der Waals surface area contributed by atoms with Crippen molar-refractivity contribution in [3.8, 4) is 0 Å². The van der Waals surface area contributed by atoms with E-state index in [-0.39, 0.29) is 16.5 Å². The van der Waals surface area contributed by atoms with Gasteiger partial charge in [0.15, 0.2) is 0 Å². The van der Waals surface area contributed by atoms with Crippen LogP contribution in [0.5, 0.6) is 0 Å². The minimum absolute atomic E-state index is 0.313. The molecule has 18 heavy (non-hydrogen) atoms. The van der Waals surface area contributed by atoms with Crippen LogP contribution in [-0.2, 0) is 0 Å². The van der Waals surface area contributed by atoms with E-state index in [1.54, 1.807) is 24.3 Å². The second-order valence-electron chi connectivity index (χ2n) is 3.67. The predicted octanol–water partition coefficient (Wildman–Crippen LogP) is 5.97. The van der Waals surface area contributed by atoms with Crippen LogP contribution in [0.1, 0.15) is 16.0 Å². The van der Waals surface area contributed by atoms with Gasteiger partial charge in [-0.1, -0.05) is 44.0 Å². The minimum atomic E-state index is -0.343. The Morgan fingerprint density at radius 2 is 1.61 bits per heavy atom. The van der Waals surface area contributed by atoms with E-state index in [2.05, 4.69) is 47.8 Å². The lowest BCUT2D eigenvalue weighted by Gasteiger charge is -2.14. The number of alkyl halides is 1. The molecule has 1 atom stereocenters. The Bertz CT molecular complexity index is 564. The minimum Gasteiger partial charge on any atom is -0.207 e. The molecule has 0 aliphatic heterocycles. The lowest BCUT2D eigenvalue weighted by Crippen LogP contribution is -1.98. The van der Waals surface area contributed by atoms with Gasteiger partial charge in [-0.25, -0.2) is 8.78 Å². The van der Waals surface area contributed by atoms with Gasteiger partial charge >= 0.3 is 0 Å². The molecule has 0 bridgehead atoms. The Balaban J connectivity index is 2.48. The first-order valence-corrected chi connectivity index (χ1v) is 7.54. The first kappa shape index (κ1) is 14.2. The molecule has 0 N–H and O–H groups in total. The quantitative estimate of drug-likeness (QED) is 0.504. The maximum atomic E-state index is 13.8. The molecule has 2 aromatic carbocycles. The molecule has 0 amide bonds. The molecule has 2 rings (SSSR count). The molecule has 0 aliphatic carbocycles. The fraction of sp³-hybridized carbons (Fsp3) is 0.0769. The van der Waals surface area contributed by atoms with Crippen molar-refractivity contribution >= 4 is 47.8 Å². The lowest BCUT2D eigenvalue weighted by molar-refractivity contribution is 0.611. The van der Waals surface area contributed by atoms with Gasteiger partial charge in [0.1, 0.15) is 11.6 Å². The molecular weight excluding hydrogens is 434 g/mol. The summed E-state index contributed by atoms with van der Waals surface area (Å²) in [7, 11) is 0. The molecule has 5 heteroatoms. The van der Waals surface area contributed by atoms with Crippen molar-refractivity contribution < 1.29 is 8.78 Å². The Labute approximate surface area is 129 Å². The SMILES string of the molecule is Fc1ccc(C(Br)c2c(F)cccc2Br)cc1Br. The van der Waals surface area contributed by atoms with Crippen LogP contribution in [0, 0.1) is 11.6 Å². The average Bonchev–Trinajstić information content (AvgIpc) is 2.32. The van der Waals surface area contributed by atoms with Gasteiger partial charge in [-0.05, 0) is 45.8 Å². The number of hydrogen-bond donors (Lipinski definition) is 0. The van der Waals surface area contributed by atoms with Crippen molar-refractivity contribution in [3.63, 3.8) is 0 Å². The van der Waals surface area contributed by atoms with E-state index in [1.807, 2.05) is 0 Å². The van der Waals surface area contributed by atoms with Crippen molar-refractivity contribution in [2.45, 2.75) is 4.83 Å². The Kier molecular flexibility index (Phi) is 4.56. The molecule has 0 aromatic heterocycles. The lowest BCUT2D eigenvalue weighted by atomic mass is 10.0. The Morgan fingerprint density at radius 1 is 0.889 bits per heavy atom. The van der Waals surface area contributed by atoms with E-state index in [4.69, 9.17) is 0 Å². The highest BCUT2D eigenvalue weighted by molar-refractivity contribution is 9.11. The van der Waals surface area contributed by atoms with Crippen molar-refractivity contribution in [2.24, 2.45) is 0 Å². The van der Waals surface area contributed by atoms with Gasteiger partial charge < -0.3 is 0 Å². The fourth-order valence-electron chi connectivity index (χ4n) is 1.59. The van der Waals surface area contributed by atoms with Crippen LogP contribution < -0.4 is 0 Å². The maximum absolute atomic E-state index is 13.8. The van der Waals surface area contributed by atoms with Gasteiger partial charge in [0, 0.05) is 10.0 Å². The zero-order valence-electron chi connectivity index (χ0n) is 8.93. The van der Waals surface area contributed by atoms with E-state index in [1.165, 1.54) is 12.1 Å². The van der Waals surface area contributed by atoms with E-state index >= 15 is 0 Å². The van der Waals surface area contributed by atoms with Crippen LogP contribution in [0.15, 0.2) is 45.3 Å². The van der Waals surface area contributed by atoms with E-state index in [0.717, 1.165) is 5.56 Å². The van der Waals surface area contributed by atoms with Crippen molar-refractivity contribution in [1.82, 2.24) is 0 Å². The number of halogens is 5. The highest BCUT2D eigenvalue weighted by Gasteiger charge is 2.18. The number of hydrogen-bond acceptors (Lipinski definition) is 0. The van der Waals surface area contributed by atoms with Crippen LogP contribution in [0.25, 0.3) is 0 Å². The molecule has 2 aromatic rings. The third kappa shape index (κ3) is 2.83. The third-order valence-electron chi connectivity index (χ3n) is 2.49. The second kappa shape index (κ2) is 5.80. The van der Waals surface area contributed by atoms with Crippen LogP contribution in [0.4, 0.5) is 8.78 Å². The van der Waals surface area contributed by atoms with Crippen molar-refractivity contribution in [3.05, 3.63) is 68.1 Å². The van der Waals surface area contributed by atoms with Crippen molar-refractivity contribution in [1.29, 1.82) is 0 Å². The Hall–Kier alpha value is -0.260. The summed E-state index contributed by atoms with van der Waals surface area (Å²) in [6.45, 7) is 0. The van der Waals surface area contributed by atoms with Gasteiger partial charge in [0.05, 0.1) is 9.30 Å². The van der Waals surface area contributed by atoms with Gasteiger partial charge in [-0.3, -0.25) is 0 Å². The topological polar surface area (TPSA) is 0 Å². The zero-order chi connectivity index (χ0) is 13.3. The molecule has 1 unspecified atom stereocenters. The van der Waals surface area contributed by atoms with Gasteiger partial charge in [0.2, 0.25) is 0 Å². The molecule has 0 saturated heterocycles. The summed E-state index contributed by atoms with van der Waals surface area (Å²) in [6, 6.07) is 9.40. The number of benzene rings is 2. The summed E-state index contributed by atoms with van der Waals surface area (Å²) >= 11 is 9.89. The highest BCUT2D eigenvalue weighted by atomic mass is 79.9. The number of rotatable bonds is 2. The maximum Gasteiger partial charge on any atom is 0.137 e. The normalized spacial score (nSPS) is 12.5. The monoisotopic (exact) mass is 438 g/mol. The van der Waals surface area contributed by atoms with Gasteiger partial charge in [0.25, 0.3) is 0 Å². The second-order valence-corrected chi connectivity index (χ2v) is 6.30. The third-order valence-corrected chi connectivity index (χ3v) is 4.78. The van der Waals surface area contributed by atoms with Gasteiger partial charge in [-0.2, -0.15) is 0 Å². The summed E-state index contributed by atoms with van der Waals surface area (Å²) in [5.74, 6) is -0.655. The molecule has 0 spiro atoms. The first-order chi connectivity index (χ1) is 8.50. The van der Waals surface area contributed by atoms with E-state index in [0.29, 0.717) is 14.5 Å². The largest absolute Gasteiger partial charge is 0.207 e. The zero-order valence-corrected chi connectivity index (χ0v) is 13.7. The Morgan fingerprint density at radius 3 is 2.22 bits per heavy atom. The predicted molar refractivity (Wildman–Crippen MR) is 79.0 cm³/mol. The molecule has 0 aliphatic rings. The van der Waals surface area contributed by atoms with E-state index < -0.39 is 0 Å². The van der Waals surface area contributed by atoms with E-state index in [9.17, 15) is 8.78 Å². The summed E-state index contributed by atoms with van der Waals surface area (Å²) in [5.41, 5.74) is 1.27. The summed E-state index contributed by atoms with van der Waals surface area (Å²) in [4.78, 5) is -0.343. The van der Waals surface area contributed by atoms with Crippen LogP contribution in [0.3, 0.4) is 0 Å². The van der Waals surface area contributed by atoms with Crippen molar-refractivity contribution in [2.75, 3.05) is 0 Å². The molecule has 0 fully saturated rings. The molecule has 0 heterocycles. The first-order valence-electron chi connectivity index (χ1n) is 5.03. The summed E-state index contributed by atoms with van der Waals surface area (Å²) in [6.07, 6.45) is 0. The smallest absolute Gasteiger partial charge is 0.137 e. The van der Waals surface area contributed by atoms with Crippen LogP contribution in [0.2, 0.25) is 0 Å². The standard InChI is InChI=1S/C13H7Br3F2/c14-8-2-1-3-11(18)12(8)13(16)7-4-5-10(17)9(15)6-7/h1-6,13H. The van der Waals surface area contributed by atoms with Gasteiger partial charge in [-0.15, -0.1) is 0 Å². The fourth-order valence-corrected chi connectivity index (χ4v) is 3.61.